The molecular weight excluding hydrogens is 506 g/mol. The van der Waals surface area contributed by atoms with Crippen LogP contribution in [0.2, 0.25) is 0 Å². The lowest BCUT2D eigenvalue weighted by atomic mass is 9.89. The Morgan fingerprint density at radius 3 is 2.47 bits per heavy atom. The van der Waals surface area contributed by atoms with Gasteiger partial charge in [0.15, 0.2) is 5.82 Å². The summed E-state index contributed by atoms with van der Waals surface area (Å²) in [5, 5.41) is 10.4. The third-order valence-corrected chi connectivity index (χ3v) is 6.19. The molecule has 2 N–H and O–H groups in total. The number of nitrogens with zero attached hydrogens (tertiary/aromatic N) is 5. The minimum absolute atomic E-state index is 0.00791. The van der Waals surface area contributed by atoms with Gasteiger partial charge in [0.1, 0.15) is 16.6 Å². The van der Waals surface area contributed by atoms with Crippen LogP contribution in [-0.2, 0) is 10.9 Å². The van der Waals surface area contributed by atoms with Gasteiger partial charge in [0.2, 0.25) is 11.9 Å². The first kappa shape index (κ1) is 25.6. The monoisotopic (exact) mass is 531 g/mol. The Bertz CT molecular complexity index is 1510. The summed E-state index contributed by atoms with van der Waals surface area (Å²) in [5.41, 5.74) is 0.144. The van der Waals surface area contributed by atoms with E-state index in [4.69, 9.17) is 4.74 Å². The Labute approximate surface area is 214 Å². The number of halogens is 4. The quantitative estimate of drug-likeness (QED) is 0.316. The summed E-state index contributed by atoms with van der Waals surface area (Å²) in [5.74, 6) is -0.300. The Balaban J connectivity index is 1.31. The van der Waals surface area contributed by atoms with Crippen LogP contribution in [0.5, 0.6) is 0 Å². The molecule has 1 amide bonds. The van der Waals surface area contributed by atoms with Crippen molar-refractivity contribution in [2.75, 3.05) is 18.4 Å². The predicted octanol–water partition coefficient (Wildman–Crippen LogP) is 5.92. The van der Waals surface area contributed by atoms with E-state index in [1.165, 1.54) is 12.1 Å². The van der Waals surface area contributed by atoms with Gasteiger partial charge in [-0.15, -0.1) is 10.2 Å². The number of ether oxygens (including phenoxy) is 1. The number of hydrogen-bond donors (Lipinski definition) is 2. The number of imidazole rings is 1. The fourth-order valence-electron chi connectivity index (χ4n) is 4.38. The number of rotatable bonds is 3. The number of aromatic amines is 1. The number of piperidine rings is 1. The van der Waals surface area contributed by atoms with Crippen LogP contribution in [0, 0.1) is 5.82 Å². The fourth-order valence-corrected chi connectivity index (χ4v) is 4.38. The average molecular weight is 532 g/mol. The molecule has 4 aromatic rings. The number of hydrogen-bond acceptors (Lipinski definition) is 7. The molecule has 0 bridgehead atoms. The highest BCUT2D eigenvalue weighted by molar-refractivity contribution is 5.80. The number of anilines is 2. The molecule has 200 valence electrons. The lowest BCUT2D eigenvalue weighted by molar-refractivity contribution is -0.137. The molecule has 0 radical (unpaired) electrons. The molecule has 5 rings (SSSR count). The fraction of sp³-hybridized carbons (Fsp3) is 0.400. The molecule has 1 fully saturated rings. The largest absolute Gasteiger partial charge is 0.444 e. The molecule has 0 saturated carbocycles. The van der Waals surface area contributed by atoms with Gasteiger partial charge in [-0.05, 0) is 75.4 Å². The second-order valence-electron chi connectivity index (χ2n) is 10.2. The van der Waals surface area contributed by atoms with Crippen LogP contribution in [0.4, 0.5) is 34.3 Å². The summed E-state index contributed by atoms with van der Waals surface area (Å²) in [7, 11) is 0. The summed E-state index contributed by atoms with van der Waals surface area (Å²) < 4.78 is 59.2. The van der Waals surface area contributed by atoms with Gasteiger partial charge in [-0.25, -0.2) is 19.2 Å². The Morgan fingerprint density at radius 1 is 1.05 bits per heavy atom. The number of carbonyl (C=O) groups excluding carboxylic acids is 1. The molecule has 38 heavy (non-hydrogen) atoms. The van der Waals surface area contributed by atoms with Gasteiger partial charge in [-0.1, -0.05) is 0 Å². The summed E-state index contributed by atoms with van der Waals surface area (Å²) in [4.78, 5) is 25.4. The van der Waals surface area contributed by atoms with Crippen molar-refractivity contribution in [1.29, 1.82) is 0 Å². The van der Waals surface area contributed by atoms with E-state index in [2.05, 4.69) is 30.5 Å². The third-order valence-electron chi connectivity index (χ3n) is 6.19. The Morgan fingerprint density at radius 2 is 1.79 bits per heavy atom. The van der Waals surface area contributed by atoms with Gasteiger partial charge in [0.25, 0.3) is 0 Å². The molecule has 13 heteroatoms. The molecule has 0 aliphatic carbocycles. The number of H-pyrrole nitrogens is 1. The van der Waals surface area contributed by atoms with Crippen LogP contribution in [-0.4, -0.2) is 54.8 Å². The van der Waals surface area contributed by atoms with Gasteiger partial charge in [-0.2, -0.15) is 13.2 Å². The topological polar surface area (TPSA) is 109 Å². The maximum absolute atomic E-state index is 15.0. The van der Waals surface area contributed by atoms with Crippen LogP contribution in [0.1, 0.15) is 50.7 Å². The first-order valence-corrected chi connectivity index (χ1v) is 12.0. The number of alkyl halides is 3. The molecule has 1 saturated heterocycles. The van der Waals surface area contributed by atoms with Gasteiger partial charge in [0, 0.05) is 13.1 Å². The number of aromatic nitrogens is 5. The number of fused-ring (bicyclic) bond motifs is 2. The van der Waals surface area contributed by atoms with E-state index in [1.807, 2.05) is 26.8 Å². The van der Waals surface area contributed by atoms with Crippen molar-refractivity contribution in [3.63, 3.8) is 0 Å². The SMILES string of the molecule is CC(C)(C)OC(=O)N1CCC(c2cc(F)c3nc(Nc4nnc5cc(C(F)(F)F)ccc5n4)[nH]c3c2)CC1. The highest BCUT2D eigenvalue weighted by Crippen LogP contribution is 2.33. The van der Waals surface area contributed by atoms with E-state index in [-0.39, 0.29) is 40.5 Å². The van der Waals surface area contributed by atoms with Gasteiger partial charge in [0.05, 0.1) is 16.6 Å². The lowest BCUT2D eigenvalue weighted by Crippen LogP contribution is -2.41. The zero-order chi connectivity index (χ0) is 27.2. The molecule has 2 aromatic carbocycles. The minimum Gasteiger partial charge on any atom is -0.444 e. The second-order valence-corrected chi connectivity index (χ2v) is 10.2. The zero-order valence-corrected chi connectivity index (χ0v) is 20.9. The van der Waals surface area contributed by atoms with Crippen LogP contribution < -0.4 is 5.32 Å². The normalized spacial score (nSPS) is 15.3. The standard InChI is InChI=1S/C25H25F4N7O2/c1-24(2,3)38-23(37)36-8-6-13(7-9-36)14-10-16(26)20-19(11-14)31-21(32-20)33-22-30-17-5-4-15(25(27,28)29)12-18(17)34-35-22/h4-5,10-13H,6-9H2,1-3H3,(H2,30,31,32,33,35). The number of carbonyl (C=O) groups is 1. The zero-order valence-electron chi connectivity index (χ0n) is 20.9. The minimum atomic E-state index is -4.50. The van der Waals surface area contributed by atoms with Gasteiger partial charge >= 0.3 is 12.3 Å². The second kappa shape index (κ2) is 9.37. The van der Waals surface area contributed by atoms with E-state index in [0.29, 0.717) is 31.4 Å². The maximum atomic E-state index is 15.0. The predicted molar refractivity (Wildman–Crippen MR) is 131 cm³/mol. The molecule has 3 heterocycles. The summed E-state index contributed by atoms with van der Waals surface area (Å²) in [6, 6.07) is 6.26. The number of nitrogens with one attached hydrogen (secondary N) is 2. The van der Waals surface area contributed by atoms with Crippen molar-refractivity contribution in [2.24, 2.45) is 0 Å². The van der Waals surface area contributed by atoms with E-state index >= 15 is 0 Å². The highest BCUT2D eigenvalue weighted by Gasteiger charge is 2.31. The van der Waals surface area contributed by atoms with Gasteiger partial charge < -0.3 is 14.6 Å². The molecule has 1 aliphatic rings. The molecule has 0 unspecified atom stereocenters. The third kappa shape index (κ3) is 5.46. The average Bonchev–Trinajstić information content (AvgIpc) is 3.25. The van der Waals surface area contributed by atoms with Crippen LogP contribution >= 0.6 is 0 Å². The van der Waals surface area contributed by atoms with Crippen LogP contribution in [0.25, 0.3) is 22.1 Å². The summed E-state index contributed by atoms with van der Waals surface area (Å²) in [6.45, 7) is 6.47. The van der Waals surface area contributed by atoms with Crippen molar-refractivity contribution in [1.82, 2.24) is 30.0 Å². The summed E-state index contributed by atoms with van der Waals surface area (Å²) in [6.07, 6.45) is -3.53. The van der Waals surface area contributed by atoms with Crippen LogP contribution in [0.15, 0.2) is 30.3 Å². The highest BCUT2D eigenvalue weighted by atomic mass is 19.4. The molecule has 0 spiro atoms. The summed E-state index contributed by atoms with van der Waals surface area (Å²) >= 11 is 0. The van der Waals surface area contributed by atoms with Gasteiger partial charge in [-0.3, -0.25) is 5.32 Å². The lowest BCUT2D eigenvalue weighted by Gasteiger charge is -2.33. The maximum Gasteiger partial charge on any atom is 0.416 e. The number of likely N-dealkylation sites (tertiary alicyclic amines) is 1. The smallest absolute Gasteiger partial charge is 0.416 e. The van der Waals surface area contributed by atoms with Crippen molar-refractivity contribution in [2.45, 2.75) is 51.3 Å². The number of benzene rings is 2. The first-order chi connectivity index (χ1) is 17.9. The molecule has 0 atom stereocenters. The van der Waals surface area contributed by atoms with E-state index in [1.54, 1.807) is 4.90 Å². The van der Waals surface area contributed by atoms with Crippen molar-refractivity contribution in [3.8, 4) is 0 Å². The van der Waals surface area contributed by atoms with E-state index < -0.39 is 23.2 Å². The van der Waals surface area contributed by atoms with E-state index in [0.717, 1.165) is 17.7 Å². The van der Waals surface area contributed by atoms with Crippen molar-refractivity contribution in [3.05, 3.63) is 47.3 Å². The number of amides is 1. The van der Waals surface area contributed by atoms with Crippen LogP contribution in [0.3, 0.4) is 0 Å². The Hall–Kier alpha value is -4.03. The molecular formula is C25H25F4N7O2. The molecule has 9 nitrogen and oxygen atoms in total. The Kier molecular flexibility index (Phi) is 6.32. The first-order valence-electron chi connectivity index (χ1n) is 12.0. The molecule has 2 aromatic heterocycles. The van der Waals surface area contributed by atoms with Crippen molar-refractivity contribution < 1.29 is 27.1 Å². The van der Waals surface area contributed by atoms with E-state index in [9.17, 15) is 22.4 Å². The molecule has 1 aliphatic heterocycles. The van der Waals surface area contributed by atoms with Crippen molar-refractivity contribution >= 4 is 40.1 Å².